The molecule has 1 N–H and O–H groups in total. The second-order valence-corrected chi connectivity index (χ2v) is 6.71. The zero-order valence-electron chi connectivity index (χ0n) is 14.7. The number of hydrogen-bond acceptors (Lipinski definition) is 6. The molecule has 6 nitrogen and oxygen atoms in total. The van der Waals surface area contributed by atoms with Crippen LogP contribution in [0.2, 0.25) is 0 Å². The molecule has 0 saturated carbocycles. The fourth-order valence-electron chi connectivity index (χ4n) is 2.41. The number of aromatic nitrogens is 3. The SMILES string of the molecule is CCc1ccc([C@@H](C)NC(=O)CSc2nnc(-c3cccnc3)o2)cc1. The van der Waals surface area contributed by atoms with Crippen LogP contribution < -0.4 is 5.32 Å². The molecule has 0 aliphatic heterocycles. The first-order valence-electron chi connectivity index (χ1n) is 8.40. The molecule has 2 aromatic heterocycles. The van der Waals surface area contributed by atoms with Gasteiger partial charge in [0.15, 0.2) is 0 Å². The Balaban J connectivity index is 1.51. The first-order chi connectivity index (χ1) is 12.7. The van der Waals surface area contributed by atoms with E-state index in [0.29, 0.717) is 11.1 Å². The van der Waals surface area contributed by atoms with Crippen LogP contribution in [0.3, 0.4) is 0 Å². The third-order valence-electron chi connectivity index (χ3n) is 3.91. The van der Waals surface area contributed by atoms with Gasteiger partial charge < -0.3 is 9.73 Å². The van der Waals surface area contributed by atoms with Crippen LogP contribution in [0.1, 0.15) is 31.0 Å². The number of rotatable bonds is 7. The van der Waals surface area contributed by atoms with Gasteiger partial charge in [0.1, 0.15) is 0 Å². The number of carbonyl (C=O) groups excluding carboxylic acids is 1. The number of hydrogen-bond donors (Lipinski definition) is 1. The first-order valence-corrected chi connectivity index (χ1v) is 9.39. The maximum absolute atomic E-state index is 12.2. The molecule has 0 aliphatic rings. The summed E-state index contributed by atoms with van der Waals surface area (Å²) in [6, 6.07) is 11.9. The molecule has 3 rings (SSSR count). The van der Waals surface area contributed by atoms with Crippen molar-refractivity contribution < 1.29 is 9.21 Å². The lowest BCUT2D eigenvalue weighted by Crippen LogP contribution is -2.28. The molecular weight excluding hydrogens is 348 g/mol. The van der Waals surface area contributed by atoms with Gasteiger partial charge in [-0.05, 0) is 36.6 Å². The highest BCUT2D eigenvalue weighted by molar-refractivity contribution is 7.99. The van der Waals surface area contributed by atoms with E-state index in [1.807, 2.05) is 13.0 Å². The third kappa shape index (κ3) is 4.70. The van der Waals surface area contributed by atoms with Gasteiger partial charge in [-0.25, -0.2) is 0 Å². The van der Waals surface area contributed by atoms with E-state index in [-0.39, 0.29) is 17.7 Å². The van der Waals surface area contributed by atoms with E-state index in [9.17, 15) is 4.79 Å². The van der Waals surface area contributed by atoms with E-state index in [2.05, 4.69) is 51.7 Å². The quantitative estimate of drug-likeness (QED) is 0.641. The van der Waals surface area contributed by atoms with E-state index < -0.39 is 0 Å². The monoisotopic (exact) mass is 368 g/mol. The van der Waals surface area contributed by atoms with E-state index in [4.69, 9.17) is 4.42 Å². The van der Waals surface area contributed by atoms with Crippen molar-refractivity contribution in [1.29, 1.82) is 0 Å². The second kappa shape index (κ2) is 8.62. The molecular formula is C19H20N4O2S. The van der Waals surface area contributed by atoms with Crippen LogP contribution >= 0.6 is 11.8 Å². The third-order valence-corrected chi connectivity index (χ3v) is 4.73. The van der Waals surface area contributed by atoms with Crippen molar-refractivity contribution >= 4 is 17.7 Å². The van der Waals surface area contributed by atoms with Crippen LogP contribution in [0.15, 0.2) is 58.4 Å². The lowest BCUT2D eigenvalue weighted by Gasteiger charge is -2.14. The second-order valence-electron chi connectivity index (χ2n) is 5.79. The number of benzene rings is 1. The predicted octanol–water partition coefficient (Wildman–Crippen LogP) is 3.66. The molecule has 0 radical (unpaired) electrons. The zero-order valence-corrected chi connectivity index (χ0v) is 15.5. The van der Waals surface area contributed by atoms with E-state index in [1.54, 1.807) is 18.5 Å². The normalized spacial score (nSPS) is 11.9. The van der Waals surface area contributed by atoms with Crippen molar-refractivity contribution in [2.45, 2.75) is 31.5 Å². The van der Waals surface area contributed by atoms with E-state index in [1.165, 1.54) is 17.3 Å². The molecule has 0 fully saturated rings. The molecule has 26 heavy (non-hydrogen) atoms. The van der Waals surface area contributed by atoms with Gasteiger partial charge in [-0.2, -0.15) is 0 Å². The molecule has 0 saturated heterocycles. The summed E-state index contributed by atoms with van der Waals surface area (Å²) in [5.74, 6) is 0.528. The summed E-state index contributed by atoms with van der Waals surface area (Å²) >= 11 is 1.21. The standard InChI is InChI=1S/C19H20N4O2S/c1-3-14-6-8-15(9-7-14)13(2)21-17(24)12-26-19-23-22-18(25-19)16-5-4-10-20-11-16/h4-11,13H,3,12H2,1-2H3,(H,21,24)/t13-/m1/s1. The predicted molar refractivity (Wildman–Crippen MR) is 101 cm³/mol. The molecule has 1 amide bonds. The van der Waals surface area contributed by atoms with Gasteiger partial charge >= 0.3 is 0 Å². The summed E-state index contributed by atoms with van der Waals surface area (Å²) in [6.45, 7) is 4.09. The Kier molecular flexibility index (Phi) is 6.01. The fourth-order valence-corrected chi connectivity index (χ4v) is 2.98. The van der Waals surface area contributed by atoms with Crippen molar-refractivity contribution in [1.82, 2.24) is 20.5 Å². The van der Waals surface area contributed by atoms with Crippen molar-refractivity contribution in [3.63, 3.8) is 0 Å². The molecule has 1 atom stereocenters. The Morgan fingerprint density at radius 1 is 1.23 bits per heavy atom. The van der Waals surface area contributed by atoms with Crippen molar-refractivity contribution in [3.05, 3.63) is 59.9 Å². The highest BCUT2D eigenvalue weighted by Crippen LogP contribution is 2.22. The minimum Gasteiger partial charge on any atom is -0.411 e. The molecule has 2 heterocycles. The van der Waals surface area contributed by atoms with Gasteiger partial charge in [-0.15, -0.1) is 10.2 Å². The number of nitrogens with zero attached hydrogens (tertiary/aromatic N) is 3. The van der Waals surface area contributed by atoms with Gasteiger partial charge in [0, 0.05) is 12.4 Å². The van der Waals surface area contributed by atoms with Gasteiger partial charge in [0.05, 0.1) is 17.4 Å². The van der Waals surface area contributed by atoms with Gasteiger partial charge in [0.2, 0.25) is 11.8 Å². The minimum absolute atomic E-state index is 0.0531. The van der Waals surface area contributed by atoms with Crippen LogP contribution in [0.5, 0.6) is 0 Å². The van der Waals surface area contributed by atoms with Gasteiger partial charge in [-0.3, -0.25) is 9.78 Å². The molecule has 0 spiro atoms. The van der Waals surface area contributed by atoms with Crippen LogP contribution in [0.25, 0.3) is 11.5 Å². The summed E-state index contributed by atoms with van der Waals surface area (Å²) in [7, 11) is 0. The highest BCUT2D eigenvalue weighted by Gasteiger charge is 2.13. The Hall–Kier alpha value is -2.67. The van der Waals surface area contributed by atoms with Crippen molar-refractivity contribution in [2.75, 3.05) is 5.75 Å². The summed E-state index contributed by atoms with van der Waals surface area (Å²) in [5, 5.41) is 11.3. The summed E-state index contributed by atoms with van der Waals surface area (Å²) in [6.07, 6.45) is 4.33. The van der Waals surface area contributed by atoms with Crippen LogP contribution in [-0.4, -0.2) is 26.8 Å². The molecule has 134 valence electrons. The fraction of sp³-hybridized carbons (Fsp3) is 0.263. The maximum atomic E-state index is 12.2. The molecule has 1 aromatic carbocycles. The molecule has 0 aliphatic carbocycles. The van der Waals surface area contributed by atoms with Gasteiger partial charge in [0.25, 0.3) is 5.22 Å². The lowest BCUT2D eigenvalue weighted by molar-refractivity contribution is -0.119. The lowest BCUT2D eigenvalue weighted by atomic mass is 10.1. The average molecular weight is 368 g/mol. The van der Waals surface area contributed by atoms with Crippen LogP contribution in [0.4, 0.5) is 0 Å². The molecule has 7 heteroatoms. The average Bonchev–Trinajstić information content (AvgIpc) is 3.16. The summed E-state index contributed by atoms with van der Waals surface area (Å²) < 4.78 is 5.56. The smallest absolute Gasteiger partial charge is 0.277 e. The first kappa shape index (κ1) is 18.1. The molecule has 0 bridgehead atoms. The Bertz CT molecular complexity index is 849. The van der Waals surface area contributed by atoms with Crippen molar-refractivity contribution in [3.8, 4) is 11.5 Å². The highest BCUT2D eigenvalue weighted by atomic mass is 32.2. The van der Waals surface area contributed by atoms with Crippen molar-refractivity contribution in [2.24, 2.45) is 0 Å². The zero-order chi connectivity index (χ0) is 18.4. The van der Waals surface area contributed by atoms with Gasteiger partial charge in [-0.1, -0.05) is 43.0 Å². The Morgan fingerprint density at radius 2 is 2.04 bits per heavy atom. The number of aryl methyl sites for hydroxylation is 1. The maximum Gasteiger partial charge on any atom is 0.277 e. The van der Waals surface area contributed by atoms with E-state index in [0.717, 1.165) is 17.5 Å². The molecule has 0 unspecified atom stereocenters. The Morgan fingerprint density at radius 3 is 2.73 bits per heavy atom. The van der Waals surface area contributed by atoms with Crippen LogP contribution in [0, 0.1) is 0 Å². The van der Waals surface area contributed by atoms with Crippen LogP contribution in [-0.2, 0) is 11.2 Å². The summed E-state index contributed by atoms with van der Waals surface area (Å²) in [5.41, 5.74) is 3.11. The number of thioether (sulfide) groups is 1. The number of nitrogens with one attached hydrogen (secondary N) is 1. The number of carbonyl (C=O) groups is 1. The minimum atomic E-state index is -0.0804. The van der Waals surface area contributed by atoms with E-state index >= 15 is 0 Å². The topological polar surface area (TPSA) is 80.9 Å². The summed E-state index contributed by atoms with van der Waals surface area (Å²) in [4.78, 5) is 16.2. The largest absolute Gasteiger partial charge is 0.411 e. The molecule has 3 aromatic rings. The number of pyridine rings is 1. The number of amides is 1. The Labute approximate surface area is 156 Å².